The molecule has 0 saturated carbocycles. The average molecular weight is 499 g/mol. The Morgan fingerprint density at radius 2 is 0.743 bits per heavy atom. The van der Waals surface area contributed by atoms with Crippen LogP contribution in [0.5, 0.6) is 0 Å². The monoisotopic (exact) mass is 498 g/mol. The van der Waals surface area contributed by atoms with Gasteiger partial charge in [-0.05, 0) is 12.8 Å². The van der Waals surface area contributed by atoms with Crippen LogP contribution in [-0.4, -0.2) is 36.4 Å². The van der Waals surface area contributed by atoms with Gasteiger partial charge in [0.1, 0.15) is 19.3 Å². The summed E-state index contributed by atoms with van der Waals surface area (Å²) in [5, 5.41) is 9.90. The molecule has 5 nitrogen and oxygen atoms in total. The number of aliphatic hydroxyl groups excluding tert-OH is 1. The fourth-order valence-electron chi connectivity index (χ4n) is 4.26. The molecule has 0 aromatic carbocycles. The van der Waals surface area contributed by atoms with Crippen LogP contribution in [0.1, 0.15) is 162 Å². The Morgan fingerprint density at radius 1 is 0.486 bits per heavy atom. The van der Waals surface area contributed by atoms with Crippen LogP contribution >= 0.6 is 0 Å². The van der Waals surface area contributed by atoms with Crippen molar-refractivity contribution in [3.8, 4) is 0 Å². The Kier molecular flexibility index (Phi) is 26.6. The number of ether oxygens (including phenoxy) is 2. The van der Waals surface area contributed by atoms with E-state index in [4.69, 9.17) is 9.47 Å². The third-order valence-corrected chi connectivity index (χ3v) is 6.59. The van der Waals surface area contributed by atoms with Crippen LogP contribution in [0.25, 0.3) is 0 Å². The number of carbonyl (C=O) groups is 2. The number of hydrogen-bond donors (Lipinski definition) is 1. The highest BCUT2D eigenvalue weighted by Crippen LogP contribution is 2.13. The maximum atomic E-state index is 11.8. The van der Waals surface area contributed by atoms with E-state index in [1.165, 1.54) is 109 Å². The van der Waals surface area contributed by atoms with Crippen molar-refractivity contribution in [2.75, 3.05) is 13.2 Å². The second-order valence-corrected chi connectivity index (χ2v) is 10.2. The molecular formula is C30H58O5. The predicted molar refractivity (Wildman–Crippen MR) is 145 cm³/mol. The van der Waals surface area contributed by atoms with Gasteiger partial charge in [-0.1, -0.05) is 136 Å². The van der Waals surface area contributed by atoms with Gasteiger partial charge in [0.25, 0.3) is 0 Å². The van der Waals surface area contributed by atoms with Gasteiger partial charge in [-0.2, -0.15) is 0 Å². The predicted octanol–water partition coefficient (Wildman–Crippen LogP) is 8.45. The molecule has 0 aliphatic rings. The molecule has 0 unspecified atom stereocenters. The van der Waals surface area contributed by atoms with E-state index in [-0.39, 0.29) is 25.2 Å². The van der Waals surface area contributed by atoms with Gasteiger partial charge in [0.15, 0.2) is 0 Å². The molecule has 0 amide bonds. The van der Waals surface area contributed by atoms with Crippen molar-refractivity contribution in [3.05, 3.63) is 0 Å². The number of aliphatic hydroxyl groups is 1. The van der Waals surface area contributed by atoms with Crippen molar-refractivity contribution in [1.29, 1.82) is 0 Å². The maximum absolute atomic E-state index is 11.8. The second-order valence-electron chi connectivity index (χ2n) is 10.2. The number of esters is 2. The molecule has 0 heterocycles. The van der Waals surface area contributed by atoms with Crippen LogP contribution in [0.2, 0.25) is 0 Å². The number of unbranched alkanes of at least 4 members (excludes halogenated alkanes) is 19. The van der Waals surface area contributed by atoms with Gasteiger partial charge in [0, 0.05) is 12.8 Å². The summed E-state index contributed by atoms with van der Waals surface area (Å²) in [5.74, 6) is -0.562. The number of hydrogen-bond acceptors (Lipinski definition) is 5. The van der Waals surface area contributed by atoms with Gasteiger partial charge in [0.05, 0.1) is 0 Å². The van der Waals surface area contributed by atoms with E-state index >= 15 is 0 Å². The smallest absolute Gasteiger partial charge is 0.305 e. The van der Waals surface area contributed by atoms with Crippen LogP contribution in [0, 0.1) is 0 Å². The first kappa shape index (κ1) is 33.9. The van der Waals surface area contributed by atoms with Crippen molar-refractivity contribution in [1.82, 2.24) is 0 Å². The minimum absolute atomic E-state index is 0.109. The Bertz CT molecular complexity index is 466. The maximum Gasteiger partial charge on any atom is 0.305 e. The second kappa shape index (κ2) is 27.5. The molecule has 0 rings (SSSR count). The highest BCUT2D eigenvalue weighted by atomic mass is 16.6. The van der Waals surface area contributed by atoms with Gasteiger partial charge in [-0.3, -0.25) is 9.59 Å². The molecule has 0 aliphatic carbocycles. The summed E-state index contributed by atoms with van der Waals surface area (Å²) < 4.78 is 10.2. The topological polar surface area (TPSA) is 72.8 Å². The molecule has 0 radical (unpaired) electrons. The minimum Gasteiger partial charge on any atom is -0.463 e. The van der Waals surface area contributed by atoms with Crippen LogP contribution in [0.15, 0.2) is 0 Å². The van der Waals surface area contributed by atoms with Crippen molar-refractivity contribution < 1.29 is 24.2 Å². The molecule has 0 fully saturated rings. The SMILES string of the molecule is CCCCCCCCCCCCCC(=O)OC[C@@H](O)COC(=O)CCCCCCCCCCCC. The van der Waals surface area contributed by atoms with Crippen molar-refractivity contribution in [2.24, 2.45) is 0 Å². The van der Waals surface area contributed by atoms with Crippen LogP contribution in [0.4, 0.5) is 0 Å². The first-order chi connectivity index (χ1) is 17.1. The zero-order chi connectivity index (χ0) is 25.8. The molecule has 0 saturated heterocycles. The quantitative estimate of drug-likeness (QED) is 0.0908. The lowest BCUT2D eigenvalue weighted by molar-refractivity contribution is -0.152. The molecule has 5 heteroatoms. The summed E-state index contributed by atoms with van der Waals surface area (Å²) in [7, 11) is 0. The molecular weight excluding hydrogens is 440 g/mol. The van der Waals surface area contributed by atoms with Gasteiger partial charge in [-0.15, -0.1) is 0 Å². The van der Waals surface area contributed by atoms with Crippen LogP contribution in [0.3, 0.4) is 0 Å². The lowest BCUT2D eigenvalue weighted by Crippen LogP contribution is -2.25. The fourth-order valence-corrected chi connectivity index (χ4v) is 4.26. The summed E-state index contributed by atoms with van der Waals surface area (Å²) in [4.78, 5) is 23.6. The number of rotatable bonds is 27. The highest BCUT2D eigenvalue weighted by Gasteiger charge is 2.12. The Labute approximate surface area is 217 Å². The van der Waals surface area contributed by atoms with E-state index < -0.39 is 6.10 Å². The number of carbonyl (C=O) groups excluding carboxylic acids is 2. The summed E-state index contributed by atoms with van der Waals surface area (Å²) in [6.45, 7) is 4.27. The lowest BCUT2D eigenvalue weighted by Gasteiger charge is -2.12. The Hall–Kier alpha value is -1.10. The fraction of sp³-hybridized carbons (Fsp3) is 0.933. The summed E-state index contributed by atoms with van der Waals surface area (Å²) >= 11 is 0. The highest BCUT2D eigenvalue weighted by molar-refractivity contribution is 5.69. The molecule has 0 aromatic heterocycles. The molecule has 35 heavy (non-hydrogen) atoms. The summed E-state index contributed by atoms with van der Waals surface area (Å²) in [5.41, 5.74) is 0. The third-order valence-electron chi connectivity index (χ3n) is 6.59. The molecule has 0 spiro atoms. The van der Waals surface area contributed by atoms with Gasteiger partial charge in [-0.25, -0.2) is 0 Å². The van der Waals surface area contributed by atoms with Gasteiger partial charge >= 0.3 is 11.9 Å². The first-order valence-electron chi connectivity index (χ1n) is 15.1. The zero-order valence-electron chi connectivity index (χ0n) is 23.3. The van der Waals surface area contributed by atoms with Crippen molar-refractivity contribution in [2.45, 2.75) is 168 Å². The largest absolute Gasteiger partial charge is 0.463 e. The van der Waals surface area contributed by atoms with Crippen molar-refractivity contribution in [3.63, 3.8) is 0 Å². The normalized spacial score (nSPS) is 12.0. The summed E-state index contributed by atoms with van der Waals surface area (Å²) in [6.07, 6.45) is 25.7. The third kappa shape index (κ3) is 27.3. The Balaban J connectivity index is 3.42. The minimum atomic E-state index is -0.951. The van der Waals surface area contributed by atoms with Crippen LogP contribution in [-0.2, 0) is 19.1 Å². The molecule has 1 atom stereocenters. The van der Waals surface area contributed by atoms with Crippen LogP contribution < -0.4 is 0 Å². The van der Waals surface area contributed by atoms with E-state index in [9.17, 15) is 14.7 Å². The van der Waals surface area contributed by atoms with E-state index in [2.05, 4.69) is 13.8 Å². The molecule has 0 bridgehead atoms. The van der Waals surface area contributed by atoms with E-state index in [0.717, 1.165) is 25.7 Å². The molecule has 0 aliphatic heterocycles. The van der Waals surface area contributed by atoms with E-state index in [1.807, 2.05) is 0 Å². The Morgan fingerprint density at radius 3 is 1.03 bits per heavy atom. The molecule has 208 valence electrons. The summed E-state index contributed by atoms with van der Waals surface area (Å²) in [6, 6.07) is 0. The van der Waals surface area contributed by atoms with Gasteiger partial charge in [0.2, 0.25) is 0 Å². The van der Waals surface area contributed by atoms with E-state index in [1.54, 1.807) is 0 Å². The average Bonchev–Trinajstić information content (AvgIpc) is 2.85. The molecule has 0 aromatic rings. The van der Waals surface area contributed by atoms with E-state index in [0.29, 0.717) is 12.8 Å². The standard InChI is InChI=1S/C30H58O5/c1-3-5-7-9-11-13-15-17-19-21-23-25-30(33)35-27-28(31)26-34-29(32)24-22-20-18-16-14-12-10-8-6-4-2/h28,31H,3-27H2,1-2H3/t28-/m0/s1. The first-order valence-corrected chi connectivity index (χ1v) is 15.1. The lowest BCUT2D eigenvalue weighted by atomic mass is 10.1. The zero-order valence-corrected chi connectivity index (χ0v) is 23.3. The van der Waals surface area contributed by atoms with Crippen molar-refractivity contribution >= 4 is 11.9 Å². The molecule has 1 N–H and O–H groups in total. The van der Waals surface area contributed by atoms with Gasteiger partial charge < -0.3 is 14.6 Å².